The summed E-state index contributed by atoms with van der Waals surface area (Å²) in [6.45, 7) is 0. The predicted octanol–water partition coefficient (Wildman–Crippen LogP) is 4.60. The molecule has 0 saturated heterocycles. The summed E-state index contributed by atoms with van der Waals surface area (Å²) in [5, 5.41) is 1.02. The lowest BCUT2D eigenvalue weighted by Gasteiger charge is -2.12. The lowest BCUT2D eigenvalue weighted by atomic mass is 10.1. The minimum atomic E-state index is -3.87. The van der Waals surface area contributed by atoms with Gasteiger partial charge in [0.1, 0.15) is 5.75 Å². The molecule has 0 atom stereocenters. The average Bonchev–Trinajstić information content (AvgIpc) is 3.10. The van der Waals surface area contributed by atoms with Crippen LogP contribution in [0, 0.1) is 0 Å². The van der Waals surface area contributed by atoms with E-state index in [9.17, 15) is 8.42 Å². The Balaban J connectivity index is 2.05. The van der Waals surface area contributed by atoms with Crippen molar-refractivity contribution in [2.75, 3.05) is 7.11 Å². The summed E-state index contributed by atoms with van der Waals surface area (Å²) in [5.74, 6) is 0.684. The van der Waals surface area contributed by atoms with E-state index >= 15 is 0 Å². The molecule has 0 unspecified atom stereocenters. The molecule has 0 fully saturated rings. The Morgan fingerprint density at radius 2 is 1.70 bits per heavy atom. The molecule has 0 N–H and O–H groups in total. The minimum absolute atomic E-state index is 0.180. The van der Waals surface area contributed by atoms with Gasteiger partial charge in [-0.15, -0.1) is 0 Å². The topological polar surface area (TPSA) is 61.2 Å². The van der Waals surface area contributed by atoms with Crippen LogP contribution in [-0.2, 0) is 10.0 Å². The molecule has 0 amide bonds. The van der Waals surface area contributed by atoms with E-state index in [1.165, 1.54) is 10.2 Å². The van der Waals surface area contributed by atoms with E-state index in [1.54, 1.807) is 73.8 Å². The van der Waals surface area contributed by atoms with Gasteiger partial charge in [-0.1, -0.05) is 29.8 Å². The van der Waals surface area contributed by atoms with Gasteiger partial charge in [-0.2, -0.15) is 0 Å². The second kappa shape index (κ2) is 6.72. The van der Waals surface area contributed by atoms with Crippen LogP contribution in [0.15, 0.2) is 77.8 Å². The van der Waals surface area contributed by atoms with Gasteiger partial charge in [-0.25, -0.2) is 17.4 Å². The molecule has 0 aliphatic carbocycles. The molecule has 27 heavy (non-hydrogen) atoms. The van der Waals surface area contributed by atoms with Gasteiger partial charge in [0.15, 0.2) is 5.65 Å². The van der Waals surface area contributed by atoms with Crippen LogP contribution in [0.25, 0.3) is 22.3 Å². The maximum absolute atomic E-state index is 13.4. The van der Waals surface area contributed by atoms with Crippen molar-refractivity contribution in [3.63, 3.8) is 0 Å². The SMILES string of the molecule is COc1ccc(-c2cc3c(Cl)ccnc3n2S(=O)(=O)c2ccccc2)cc1. The Hall–Kier alpha value is -2.83. The first kappa shape index (κ1) is 17.6. The number of fused-ring (bicyclic) bond motifs is 1. The minimum Gasteiger partial charge on any atom is -0.497 e. The van der Waals surface area contributed by atoms with Crippen molar-refractivity contribution in [2.45, 2.75) is 4.90 Å². The smallest absolute Gasteiger partial charge is 0.269 e. The molecule has 2 aromatic heterocycles. The molecule has 0 spiro atoms. The zero-order valence-electron chi connectivity index (χ0n) is 14.3. The summed E-state index contributed by atoms with van der Waals surface area (Å²) in [7, 11) is -2.29. The first-order valence-electron chi connectivity index (χ1n) is 8.13. The van der Waals surface area contributed by atoms with Gasteiger partial charge in [-0.3, -0.25) is 0 Å². The number of benzene rings is 2. The van der Waals surface area contributed by atoms with Gasteiger partial charge in [0.25, 0.3) is 10.0 Å². The van der Waals surface area contributed by atoms with E-state index in [0.717, 1.165) is 0 Å². The van der Waals surface area contributed by atoms with Gasteiger partial charge >= 0.3 is 0 Å². The van der Waals surface area contributed by atoms with E-state index in [1.807, 2.05) is 0 Å². The zero-order valence-corrected chi connectivity index (χ0v) is 15.9. The molecular formula is C20H15ClN2O3S. The fourth-order valence-corrected chi connectivity index (χ4v) is 4.65. The van der Waals surface area contributed by atoms with Crippen LogP contribution in [-0.4, -0.2) is 24.5 Å². The third-order valence-electron chi connectivity index (χ3n) is 4.28. The Labute approximate surface area is 161 Å². The molecule has 0 radical (unpaired) electrons. The molecule has 5 nitrogen and oxygen atoms in total. The average molecular weight is 399 g/mol. The molecule has 0 saturated carbocycles. The number of nitrogens with zero attached hydrogens (tertiary/aromatic N) is 2. The standard InChI is InChI=1S/C20H15ClN2O3S/c1-26-15-9-7-14(8-10-15)19-13-17-18(21)11-12-22-20(17)23(19)27(24,25)16-5-3-2-4-6-16/h2-13H,1H3. The van der Waals surface area contributed by atoms with Crippen LogP contribution in [0.4, 0.5) is 0 Å². The second-order valence-corrected chi connectivity index (χ2v) is 8.06. The highest BCUT2D eigenvalue weighted by Gasteiger charge is 2.25. The summed E-state index contributed by atoms with van der Waals surface area (Å²) in [6, 6.07) is 18.8. The van der Waals surface area contributed by atoms with Crippen molar-refractivity contribution in [1.29, 1.82) is 0 Å². The molecule has 2 aromatic carbocycles. The summed E-state index contributed by atoms with van der Waals surface area (Å²) in [4.78, 5) is 4.47. The quantitative estimate of drug-likeness (QED) is 0.504. The van der Waals surface area contributed by atoms with Crippen LogP contribution in [0.1, 0.15) is 0 Å². The van der Waals surface area contributed by atoms with Crippen LogP contribution in [0.5, 0.6) is 5.75 Å². The monoisotopic (exact) mass is 398 g/mol. The van der Waals surface area contributed by atoms with Gasteiger partial charge in [-0.05, 0) is 54.1 Å². The molecule has 4 rings (SSSR count). The van der Waals surface area contributed by atoms with Gasteiger partial charge in [0, 0.05) is 11.6 Å². The van der Waals surface area contributed by atoms with E-state index < -0.39 is 10.0 Å². The number of halogens is 1. The highest BCUT2D eigenvalue weighted by Crippen LogP contribution is 2.34. The van der Waals surface area contributed by atoms with Crippen molar-refractivity contribution in [3.8, 4) is 17.0 Å². The largest absolute Gasteiger partial charge is 0.497 e. The molecule has 0 bridgehead atoms. The van der Waals surface area contributed by atoms with E-state index in [2.05, 4.69) is 4.98 Å². The number of hydrogen-bond acceptors (Lipinski definition) is 4. The normalized spacial score (nSPS) is 11.6. The van der Waals surface area contributed by atoms with Crippen molar-refractivity contribution in [1.82, 2.24) is 8.96 Å². The van der Waals surface area contributed by atoms with E-state index in [4.69, 9.17) is 16.3 Å². The summed E-state index contributed by atoms with van der Waals surface area (Å²) in [6.07, 6.45) is 1.50. The maximum atomic E-state index is 13.4. The molecular weight excluding hydrogens is 384 g/mol. The number of rotatable bonds is 4. The summed E-state index contributed by atoms with van der Waals surface area (Å²) in [5.41, 5.74) is 1.48. The molecule has 7 heteroatoms. The lowest BCUT2D eigenvalue weighted by molar-refractivity contribution is 0.415. The van der Waals surface area contributed by atoms with Crippen molar-refractivity contribution < 1.29 is 13.2 Å². The first-order valence-corrected chi connectivity index (χ1v) is 9.95. The van der Waals surface area contributed by atoms with Crippen LogP contribution in [0.2, 0.25) is 5.02 Å². The van der Waals surface area contributed by atoms with Gasteiger partial charge in [0.05, 0.1) is 22.7 Å². The molecule has 136 valence electrons. The van der Waals surface area contributed by atoms with Gasteiger partial charge < -0.3 is 4.74 Å². The highest BCUT2D eigenvalue weighted by atomic mass is 35.5. The van der Waals surface area contributed by atoms with Crippen molar-refractivity contribution >= 4 is 32.7 Å². The third-order valence-corrected chi connectivity index (χ3v) is 6.32. The van der Waals surface area contributed by atoms with Gasteiger partial charge in [0.2, 0.25) is 0 Å². The van der Waals surface area contributed by atoms with Crippen molar-refractivity contribution in [3.05, 3.63) is 77.9 Å². The fraction of sp³-hybridized carbons (Fsp3) is 0.0500. The first-order chi connectivity index (χ1) is 13.0. The van der Waals surface area contributed by atoms with Crippen LogP contribution >= 0.6 is 11.6 Å². The summed E-state index contributed by atoms with van der Waals surface area (Å²) >= 11 is 6.31. The number of ether oxygens (including phenoxy) is 1. The number of methoxy groups -OCH3 is 1. The van der Waals surface area contributed by atoms with E-state index in [0.29, 0.717) is 27.4 Å². The Kier molecular flexibility index (Phi) is 4.37. The molecule has 2 heterocycles. The molecule has 4 aromatic rings. The number of pyridine rings is 1. The van der Waals surface area contributed by atoms with Crippen LogP contribution < -0.4 is 4.74 Å². The number of hydrogen-bond donors (Lipinski definition) is 0. The zero-order chi connectivity index (χ0) is 19.0. The Morgan fingerprint density at radius 3 is 2.37 bits per heavy atom. The van der Waals surface area contributed by atoms with E-state index in [-0.39, 0.29) is 10.5 Å². The maximum Gasteiger partial charge on any atom is 0.269 e. The fourth-order valence-electron chi connectivity index (χ4n) is 2.95. The van der Waals surface area contributed by atoms with Crippen LogP contribution in [0.3, 0.4) is 0 Å². The second-order valence-electron chi connectivity index (χ2n) is 5.87. The lowest BCUT2D eigenvalue weighted by Crippen LogP contribution is -2.14. The number of aromatic nitrogens is 2. The highest BCUT2D eigenvalue weighted by molar-refractivity contribution is 7.90. The third kappa shape index (κ3) is 2.97. The molecule has 0 aliphatic rings. The predicted molar refractivity (Wildman–Crippen MR) is 106 cm³/mol. The summed E-state index contributed by atoms with van der Waals surface area (Å²) < 4.78 is 33.2. The Bertz CT molecular complexity index is 1220. The Morgan fingerprint density at radius 1 is 1.00 bits per heavy atom. The molecule has 0 aliphatic heterocycles. The van der Waals surface area contributed by atoms with Crippen molar-refractivity contribution in [2.24, 2.45) is 0 Å².